The maximum atomic E-state index is 14.4. The van der Waals surface area contributed by atoms with Crippen LogP contribution in [0.1, 0.15) is 10.4 Å². The van der Waals surface area contributed by atoms with Crippen molar-refractivity contribution in [3.8, 4) is 5.75 Å². The van der Waals surface area contributed by atoms with Crippen LogP contribution in [-0.2, 0) is 16.6 Å². The van der Waals surface area contributed by atoms with Crippen LogP contribution in [0.15, 0.2) is 83.2 Å². The van der Waals surface area contributed by atoms with Gasteiger partial charge in [0.15, 0.2) is 10.6 Å². The molecular weight excluding hydrogens is 496 g/mol. The Hall–Kier alpha value is -3.83. The molecule has 1 amide bonds. The number of ether oxygens (including phenoxy) is 1. The zero-order valence-electron chi connectivity index (χ0n) is 18.4. The molecule has 4 aromatic rings. The van der Waals surface area contributed by atoms with E-state index in [1.54, 1.807) is 0 Å². The maximum Gasteiger partial charge on any atom is 0.279 e. The second kappa shape index (κ2) is 9.80. The summed E-state index contributed by atoms with van der Waals surface area (Å²) in [5.74, 6) is -1.59. The number of carbonyl (C=O) groups excluding carboxylic acids is 1. The third-order valence-electron chi connectivity index (χ3n) is 4.96. The monoisotopic (exact) mass is 515 g/mol. The van der Waals surface area contributed by atoms with Gasteiger partial charge in [0.05, 0.1) is 22.2 Å². The van der Waals surface area contributed by atoms with Crippen molar-refractivity contribution < 1.29 is 26.7 Å². The van der Waals surface area contributed by atoms with Crippen molar-refractivity contribution in [1.29, 1.82) is 0 Å². The summed E-state index contributed by atoms with van der Waals surface area (Å²) in [5.41, 5.74) is 0.566. The molecule has 180 valence electrons. The summed E-state index contributed by atoms with van der Waals surface area (Å²) in [6, 6.07) is 13.5. The van der Waals surface area contributed by atoms with Gasteiger partial charge in [-0.2, -0.15) is 4.99 Å². The smallest absolute Gasteiger partial charge is 0.279 e. The highest BCUT2D eigenvalue weighted by Crippen LogP contribution is 2.23. The largest absolute Gasteiger partial charge is 0.497 e. The molecule has 3 aromatic carbocycles. The molecule has 0 atom stereocenters. The lowest BCUT2D eigenvalue weighted by molar-refractivity contribution is 0.0998. The Labute approximate surface area is 203 Å². The first-order valence-corrected chi connectivity index (χ1v) is 12.5. The lowest BCUT2D eigenvalue weighted by Crippen LogP contribution is -2.17. The third kappa shape index (κ3) is 5.15. The molecule has 1 aromatic heterocycles. The number of allylic oxidation sites excluding steroid dienone is 1. The number of aromatic nitrogens is 1. The number of halogens is 2. The lowest BCUT2D eigenvalue weighted by atomic mass is 10.2. The summed E-state index contributed by atoms with van der Waals surface area (Å²) in [5, 5.41) is 0. The summed E-state index contributed by atoms with van der Waals surface area (Å²) in [6.07, 6.45) is 1.52. The molecule has 0 aliphatic carbocycles. The highest BCUT2D eigenvalue weighted by molar-refractivity contribution is 7.92. The number of hydrogen-bond donors (Lipinski definition) is 1. The molecule has 7 nitrogen and oxygen atoms in total. The molecule has 0 saturated heterocycles. The number of carbonyl (C=O) groups is 1. The minimum Gasteiger partial charge on any atom is -0.497 e. The predicted molar refractivity (Wildman–Crippen MR) is 130 cm³/mol. The van der Waals surface area contributed by atoms with Gasteiger partial charge in [-0.1, -0.05) is 17.4 Å². The third-order valence-corrected chi connectivity index (χ3v) is 7.38. The average Bonchev–Trinajstić information content (AvgIpc) is 3.16. The van der Waals surface area contributed by atoms with Crippen molar-refractivity contribution in [3.05, 3.63) is 95.3 Å². The predicted octanol–water partition coefficient (Wildman–Crippen LogP) is 4.72. The molecule has 0 bridgehead atoms. The van der Waals surface area contributed by atoms with Crippen molar-refractivity contribution in [1.82, 2.24) is 4.57 Å². The highest BCUT2D eigenvalue weighted by Gasteiger charge is 2.16. The summed E-state index contributed by atoms with van der Waals surface area (Å²) in [4.78, 5) is 17.1. The number of methoxy groups -OCH3 is 1. The number of anilines is 1. The molecule has 1 N–H and O–H groups in total. The van der Waals surface area contributed by atoms with Crippen LogP contribution in [-0.4, -0.2) is 26.0 Å². The number of nitrogens with zero attached hydrogens (tertiary/aromatic N) is 2. The number of hydrogen-bond acceptors (Lipinski definition) is 5. The van der Waals surface area contributed by atoms with E-state index in [4.69, 9.17) is 4.74 Å². The van der Waals surface area contributed by atoms with E-state index in [0.717, 1.165) is 17.4 Å². The van der Waals surface area contributed by atoms with Crippen LogP contribution < -0.4 is 14.3 Å². The second-order valence-electron chi connectivity index (χ2n) is 7.29. The van der Waals surface area contributed by atoms with E-state index in [2.05, 4.69) is 16.3 Å². The molecule has 35 heavy (non-hydrogen) atoms. The molecule has 0 saturated carbocycles. The van der Waals surface area contributed by atoms with Gasteiger partial charge in [-0.3, -0.25) is 9.52 Å². The zero-order valence-corrected chi connectivity index (χ0v) is 20.0. The Morgan fingerprint density at radius 3 is 2.46 bits per heavy atom. The standard InChI is InChI=1S/C24H19F2N3O4S2/c1-3-12-29-22-20(26)13-16(25)14-21(22)34-24(29)27-23(30)15-4-6-17(7-5-15)28-35(31,32)19-10-8-18(33-2)9-11-19/h3-11,13-14,28H,1,12H2,2H3. The highest BCUT2D eigenvalue weighted by atomic mass is 32.2. The minimum atomic E-state index is -3.85. The number of rotatable bonds is 7. The van der Waals surface area contributed by atoms with Crippen LogP contribution in [0.4, 0.5) is 14.5 Å². The van der Waals surface area contributed by atoms with Crippen molar-refractivity contribution in [2.24, 2.45) is 4.99 Å². The fraction of sp³-hybridized carbons (Fsp3) is 0.0833. The summed E-state index contributed by atoms with van der Waals surface area (Å²) < 4.78 is 62.4. The lowest BCUT2D eigenvalue weighted by Gasteiger charge is -2.09. The second-order valence-corrected chi connectivity index (χ2v) is 9.99. The fourth-order valence-corrected chi connectivity index (χ4v) is 5.45. The summed E-state index contributed by atoms with van der Waals surface area (Å²) >= 11 is 0.973. The Morgan fingerprint density at radius 1 is 1.14 bits per heavy atom. The van der Waals surface area contributed by atoms with Gasteiger partial charge in [0.1, 0.15) is 11.6 Å². The van der Waals surface area contributed by atoms with E-state index in [-0.39, 0.29) is 33.0 Å². The first-order chi connectivity index (χ1) is 16.7. The van der Waals surface area contributed by atoms with E-state index in [9.17, 15) is 22.0 Å². The molecule has 0 aliphatic rings. The molecule has 11 heteroatoms. The van der Waals surface area contributed by atoms with Gasteiger partial charge in [0.25, 0.3) is 15.9 Å². The Kier molecular flexibility index (Phi) is 6.81. The van der Waals surface area contributed by atoms with Gasteiger partial charge >= 0.3 is 0 Å². The first-order valence-electron chi connectivity index (χ1n) is 10.2. The fourth-order valence-electron chi connectivity index (χ4n) is 3.31. The molecule has 0 fully saturated rings. The molecule has 4 rings (SSSR count). The Bertz CT molecular complexity index is 1590. The average molecular weight is 516 g/mol. The number of fused-ring (bicyclic) bond motifs is 1. The van der Waals surface area contributed by atoms with E-state index in [0.29, 0.717) is 10.4 Å². The van der Waals surface area contributed by atoms with Crippen LogP contribution in [0, 0.1) is 11.6 Å². The number of amides is 1. The van der Waals surface area contributed by atoms with Gasteiger partial charge in [-0.25, -0.2) is 17.2 Å². The Balaban J connectivity index is 1.61. The van der Waals surface area contributed by atoms with Crippen LogP contribution in [0.3, 0.4) is 0 Å². The normalized spacial score (nSPS) is 12.0. The molecule has 0 unspecified atom stereocenters. The number of benzene rings is 3. The number of thiazole rings is 1. The van der Waals surface area contributed by atoms with Crippen LogP contribution in [0.25, 0.3) is 10.2 Å². The van der Waals surface area contributed by atoms with Crippen LogP contribution in [0.5, 0.6) is 5.75 Å². The van der Waals surface area contributed by atoms with Crippen molar-refractivity contribution in [3.63, 3.8) is 0 Å². The molecule has 0 radical (unpaired) electrons. The van der Waals surface area contributed by atoms with Gasteiger partial charge in [0.2, 0.25) is 0 Å². The van der Waals surface area contributed by atoms with Crippen molar-refractivity contribution in [2.75, 3.05) is 11.8 Å². The number of sulfonamides is 1. The summed E-state index contributed by atoms with van der Waals surface area (Å²) in [6.45, 7) is 3.80. The van der Waals surface area contributed by atoms with Gasteiger partial charge < -0.3 is 9.30 Å². The molecule has 0 spiro atoms. The van der Waals surface area contributed by atoms with Gasteiger partial charge in [-0.15, -0.1) is 6.58 Å². The minimum absolute atomic E-state index is 0.0497. The Morgan fingerprint density at radius 2 is 1.83 bits per heavy atom. The van der Waals surface area contributed by atoms with Gasteiger partial charge in [0, 0.05) is 23.9 Å². The quantitative estimate of drug-likeness (QED) is 0.361. The molecule has 1 heterocycles. The number of nitrogens with one attached hydrogen (secondary N) is 1. The SMILES string of the molecule is C=CCn1c(=NC(=O)c2ccc(NS(=O)(=O)c3ccc(OC)cc3)cc2)sc2cc(F)cc(F)c21. The summed E-state index contributed by atoms with van der Waals surface area (Å²) in [7, 11) is -2.36. The van der Waals surface area contributed by atoms with E-state index in [1.165, 1.54) is 72.4 Å². The topological polar surface area (TPSA) is 89.8 Å². The van der Waals surface area contributed by atoms with Crippen molar-refractivity contribution >= 4 is 43.2 Å². The van der Waals surface area contributed by atoms with Crippen LogP contribution >= 0.6 is 11.3 Å². The van der Waals surface area contributed by atoms with E-state index in [1.807, 2.05) is 0 Å². The van der Waals surface area contributed by atoms with Crippen LogP contribution in [0.2, 0.25) is 0 Å². The molecule has 0 aliphatic heterocycles. The van der Waals surface area contributed by atoms with Crippen molar-refractivity contribution in [2.45, 2.75) is 11.4 Å². The maximum absolute atomic E-state index is 14.4. The molecular formula is C24H19F2N3O4S2. The van der Waals surface area contributed by atoms with Gasteiger partial charge in [-0.05, 0) is 54.6 Å². The first kappa shape index (κ1) is 24.3. The van der Waals surface area contributed by atoms with E-state index < -0.39 is 27.6 Å². The zero-order chi connectivity index (χ0) is 25.2. The van der Waals surface area contributed by atoms with E-state index >= 15 is 0 Å².